The van der Waals surface area contributed by atoms with Gasteiger partial charge in [0.25, 0.3) is 0 Å². The van der Waals surface area contributed by atoms with E-state index in [1.807, 2.05) is 18.7 Å². The Kier molecular flexibility index (Phi) is 3.16. The van der Waals surface area contributed by atoms with Crippen molar-refractivity contribution >= 4 is 5.82 Å². The molecule has 0 spiro atoms. The highest BCUT2D eigenvalue weighted by atomic mass is 15.4. The molecule has 0 aromatic carbocycles. The van der Waals surface area contributed by atoms with Crippen molar-refractivity contribution in [2.24, 2.45) is 7.05 Å². The van der Waals surface area contributed by atoms with Crippen LogP contribution in [0, 0.1) is 6.92 Å². The van der Waals surface area contributed by atoms with E-state index in [-0.39, 0.29) is 0 Å². The smallest absolute Gasteiger partial charge is 0.150 e. The molecule has 0 atom stereocenters. The molecule has 0 bridgehead atoms. The van der Waals surface area contributed by atoms with Gasteiger partial charge in [-0.3, -0.25) is 4.68 Å². The summed E-state index contributed by atoms with van der Waals surface area (Å²) in [6, 6.07) is 0. The zero-order valence-corrected chi connectivity index (χ0v) is 12.1. The van der Waals surface area contributed by atoms with Crippen LogP contribution < -0.4 is 11.6 Å². The Labute approximate surface area is 118 Å². The molecule has 20 heavy (non-hydrogen) atoms. The fraction of sp³-hybridized carbons (Fsp3) is 0.571. The van der Waals surface area contributed by atoms with Crippen LogP contribution in [-0.4, -0.2) is 19.4 Å². The fourth-order valence-corrected chi connectivity index (χ4v) is 3.04. The van der Waals surface area contributed by atoms with Crippen LogP contribution >= 0.6 is 0 Å². The van der Waals surface area contributed by atoms with Crippen LogP contribution in [-0.2, 0) is 7.05 Å². The summed E-state index contributed by atoms with van der Waals surface area (Å²) in [6.45, 7) is 2.01. The predicted octanol–water partition coefficient (Wildman–Crippen LogP) is 1.94. The van der Waals surface area contributed by atoms with Crippen LogP contribution in [0.15, 0.2) is 6.20 Å². The SMILES string of the molecule is Cc1c(-c2nc(C3CCCCC3)n(N)c2N)cnn1C. The highest BCUT2D eigenvalue weighted by Gasteiger charge is 2.25. The first-order valence-corrected chi connectivity index (χ1v) is 7.21. The van der Waals surface area contributed by atoms with Crippen LogP contribution in [0.1, 0.15) is 49.5 Å². The lowest BCUT2D eigenvalue weighted by atomic mass is 9.89. The molecule has 1 aliphatic rings. The second-order valence-electron chi connectivity index (χ2n) is 5.68. The number of nitrogens with two attached hydrogens (primary N) is 2. The van der Waals surface area contributed by atoms with Gasteiger partial charge in [0, 0.05) is 24.2 Å². The van der Waals surface area contributed by atoms with Gasteiger partial charge in [-0.25, -0.2) is 9.66 Å². The third kappa shape index (κ3) is 1.95. The molecule has 1 fully saturated rings. The average Bonchev–Trinajstić information content (AvgIpc) is 2.94. The molecule has 108 valence electrons. The van der Waals surface area contributed by atoms with Crippen LogP contribution in [0.4, 0.5) is 5.82 Å². The molecule has 6 heteroatoms. The lowest BCUT2D eigenvalue weighted by Crippen LogP contribution is -2.19. The van der Waals surface area contributed by atoms with Crippen molar-refractivity contribution in [2.75, 3.05) is 11.6 Å². The molecule has 4 N–H and O–H groups in total. The number of nitrogen functional groups attached to an aromatic ring is 2. The summed E-state index contributed by atoms with van der Waals surface area (Å²) in [5.41, 5.74) is 8.93. The lowest BCUT2D eigenvalue weighted by Gasteiger charge is -2.20. The maximum absolute atomic E-state index is 6.16. The van der Waals surface area contributed by atoms with Crippen molar-refractivity contribution in [3.8, 4) is 11.3 Å². The highest BCUT2D eigenvalue weighted by molar-refractivity contribution is 5.72. The van der Waals surface area contributed by atoms with E-state index in [9.17, 15) is 0 Å². The van der Waals surface area contributed by atoms with Gasteiger partial charge < -0.3 is 11.6 Å². The van der Waals surface area contributed by atoms with E-state index in [1.165, 1.54) is 19.3 Å². The second-order valence-corrected chi connectivity index (χ2v) is 5.68. The Balaban J connectivity index is 2.03. The molecule has 1 aliphatic carbocycles. The highest BCUT2D eigenvalue weighted by Crippen LogP contribution is 2.35. The van der Waals surface area contributed by atoms with E-state index in [0.717, 1.165) is 35.6 Å². The van der Waals surface area contributed by atoms with Gasteiger partial charge in [0.2, 0.25) is 0 Å². The number of hydrogen-bond acceptors (Lipinski definition) is 4. The molecule has 0 amide bonds. The molecule has 1 saturated carbocycles. The van der Waals surface area contributed by atoms with E-state index >= 15 is 0 Å². The van der Waals surface area contributed by atoms with Gasteiger partial charge in [-0.2, -0.15) is 5.10 Å². The molecule has 2 aromatic heterocycles. The summed E-state index contributed by atoms with van der Waals surface area (Å²) in [6.07, 6.45) is 7.92. The Bertz CT molecular complexity index is 618. The standard InChI is InChI=1S/C14H22N6/c1-9-11(8-17-19(9)2)12-13(15)20(16)14(18-12)10-6-4-3-5-7-10/h8,10H,3-7,15-16H2,1-2H3. The van der Waals surface area contributed by atoms with Crippen molar-refractivity contribution in [1.82, 2.24) is 19.4 Å². The number of aromatic nitrogens is 4. The molecule has 0 unspecified atom stereocenters. The normalized spacial score (nSPS) is 16.7. The molecular formula is C14H22N6. The number of nitrogens with zero attached hydrogens (tertiary/aromatic N) is 4. The topological polar surface area (TPSA) is 87.7 Å². The number of hydrogen-bond donors (Lipinski definition) is 2. The Morgan fingerprint density at radius 1 is 1.25 bits per heavy atom. The third-order valence-electron chi connectivity index (χ3n) is 4.44. The molecule has 2 aromatic rings. The van der Waals surface area contributed by atoms with Crippen molar-refractivity contribution in [3.05, 3.63) is 17.7 Å². The first-order chi connectivity index (χ1) is 9.59. The van der Waals surface area contributed by atoms with Crippen molar-refractivity contribution in [1.29, 1.82) is 0 Å². The fourth-order valence-electron chi connectivity index (χ4n) is 3.04. The quantitative estimate of drug-likeness (QED) is 0.819. The monoisotopic (exact) mass is 274 g/mol. The maximum atomic E-state index is 6.16. The van der Waals surface area contributed by atoms with Gasteiger partial charge in [0.15, 0.2) is 5.82 Å². The largest absolute Gasteiger partial charge is 0.382 e. The summed E-state index contributed by atoms with van der Waals surface area (Å²) in [5.74, 6) is 8.01. The Morgan fingerprint density at radius 3 is 2.55 bits per heavy atom. The molecular weight excluding hydrogens is 252 g/mol. The molecule has 6 nitrogen and oxygen atoms in total. The maximum Gasteiger partial charge on any atom is 0.150 e. The van der Waals surface area contributed by atoms with E-state index in [0.29, 0.717) is 11.7 Å². The van der Waals surface area contributed by atoms with Gasteiger partial charge in [-0.05, 0) is 19.8 Å². The minimum Gasteiger partial charge on any atom is -0.382 e. The minimum absolute atomic E-state index is 0.432. The lowest BCUT2D eigenvalue weighted by molar-refractivity contribution is 0.424. The van der Waals surface area contributed by atoms with E-state index < -0.39 is 0 Å². The summed E-state index contributed by atoms with van der Waals surface area (Å²) in [4.78, 5) is 4.74. The Hall–Kier alpha value is -1.98. The van der Waals surface area contributed by atoms with Gasteiger partial charge in [-0.1, -0.05) is 19.3 Å². The molecule has 0 radical (unpaired) electrons. The first kappa shape index (κ1) is 13.0. The molecule has 2 heterocycles. The first-order valence-electron chi connectivity index (χ1n) is 7.21. The van der Waals surface area contributed by atoms with Crippen LogP contribution in [0.2, 0.25) is 0 Å². The van der Waals surface area contributed by atoms with Crippen LogP contribution in [0.25, 0.3) is 11.3 Å². The van der Waals surface area contributed by atoms with Gasteiger partial charge in [-0.15, -0.1) is 0 Å². The zero-order valence-electron chi connectivity index (χ0n) is 12.1. The number of rotatable bonds is 2. The van der Waals surface area contributed by atoms with Crippen molar-refractivity contribution < 1.29 is 0 Å². The number of imidazole rings is 1. The third-order valence-corrected chi connectivity index (χ3v) is 4.44. The molecule has 3 rings (SSSR count). The van der Waals surface area contributed by atoms with Crippen LogP contribution in [0.5, 0.6) is 0 Å². The van der Waals surface area contributed by atoms with Crippen LogP contribution in [0.3, 0.4) is 0 Å². The number of aryl methyl sites for hydroxylation is 1. The number of anilines is 1. The van der Waals surface area contributed by atoms with Gasteiger partial charge in [0.05, 0.1) is 6.20 Å². The van der Waals surface area contributed by atoms with Crippen molar-refractivity contribution in [3.63, 3.8) is 0 Å². The van der Waals surface area contributed by atoms with E-state index in [4.69, 9.17) is 16.6 Å². The summed E-state index contributed by atoms with van der Waals surface area (Å²) < 4.78 is 3.39. The Morgan fingerprint density at radius 2 is 1.95 bits per heavy atom. The molecule has 0 saturated heterocycles. The van der Waals surface area contributed by atoms with Gasteiger partial charge >= 0.3 is 0 Å². The minimum atomic E-state index is 0.432. The van der Waals surface area contributed by atoms with E-state index in [2.05, 4.69) is 5.10 Å². The second kappa shape index (κ2) is 4.85. The average molecular weight is 274 g/mol. The van der Waals surface area contributed by atoms with Crippen molar-refractivity contribution in [2.45, 2.75) is 44.9 Å². The zero-order chi connectivity index (χ0) is 14.3. The summed E-state index contributed by atoms with van der Waals surface area (Å²) in [7, 11) is 1.91. The molecule has 0 aliphatic heterocycles. The van der Waals surface area contributed by atoms with E-state index in [1.54, 1.807) is 10.9 Å². The van der Waals surface area contributed by atoms with Gasteiger partial charge in [0.1, 0.15) is 11.5 Å². The summed E-state index contributed by atoms with van der Waals surface area (Å²) >= 11 is 0. The predicted molar refractivity (Wildman–Crippen MR) is 79.6 cm³/mol. The summed E-state index contributed by atoms with van der Waals surface area (Å²) in [5, 5.41) is 4.26.